The molecule has 5 heteroatoms. The minimum atomic E-state index is -4.14. The van der Waals surface area contributed by atoms with Gasteiger partial charge in [0.1, 0.15) is 0 Å². The van der Waals surface area contributed by atoms with Gasteiger partial charge in [0.15, 0.2) is 0 Å². The summed E-state index contributed by atoms with van der Waals surface area (Å²) in [4.78, 5) is 18.2. The van der Waals surface area contributed by atoms with Gasteiger partial charge in [0.25, 0.3) is 0 Å². The molecule has 0 saturated heterocycles. The molecule has 0 atom stereocenters. The Hall–Kier alpha value is 0.682. The van der Waals surface area contributed by atoms with Gasteiger partial charge in [-0.25, -0.2) is 0 Å². The molecule has 0 aliphatic rings. The summed E-state index contributed by atoms with van der Waals surface area (Å²) in [5.74, 6) is 0. The minimum absolute atomic E-state index is 0. The molecule has 0 aromatic heterocycles. The zero-order valence-electron chi connectivity index (χ0n) is 3.08. The quantitative estimate of drug-likeness (QED) is 0.392. The second-order valence-corrected chi connectivity index (χ2v) is 2.31. The predicted molar refractivity (Wildman–Crippen MR) is 13.5 cm³/mol. The molecule has 6 heavy (non-hydrogen) atoms. The van der Waals surface area contributed by atoms with Gasteiger partial charge < -0.3 is 14.4 Å². The number of hydrogen-bond acceptors (Lipinski definition) is 3. The van der Waals surface area contributed by atoms with Gasteiger partial charge in [-0.15, -0.1) is 0 Å². The van der Waals surface area contributed by atoms with Gasteiger partial charge in [0, 0.05) is 0 Å². The van der Waals surface area contributed by atoms with Crippen molar-refractivity contribution in [2.24, 2.45) is 0 Å². The van der Waals surface area contributed by atoms with Crippen LogP contribution >= 0.6 is 7.60 Å². The van der Waals surface area contributed by atoms with Crippen molar-refractivity contribution in [2.45, 2.75) is 0 Å². The van der Waals surface area contributed by atoms with E-state index in [1.807, 2.05) is 0 Å². The van der Waals surface area contributed by atoms with Crippen molar-refractivity contribution >= 4 is 7.60 Å². The van der Waals surface area contributed by atoms with E-state index < -0.39 is 7.60 Å². The first-order valence-electron chi connectivity index (χ1n) is 0.995. The standard InChI is InChI=1S/CH5O3P.Cr/c1-5(2,3)4;/h1H3,(H2,2,3,4);/q;+2/p-2. The smallest absolute Gasteiger partial charge is 0.811 e. The van der Waals surface area contributed by atoms with Crippen LogP contribution in [0.5, 0.6) is 0 Å². The van der Waals surface area contributed by atoms with Crippen molar-refractivity contribution in [3.05, 3.63) is 0 Å². The topological polar surface area (TPSA) is 63.2 Å². The molecule has 0 radical (unpaired) electrons. The summed E-state index contributed by atoms with van der Waals surface area (Å²) >= 11 is 0. The Labute approximate surface area is 46.7 Å². The van der Waals surface area contributed by atoms with Crippen LogP contribution in [0.15, 0.2) is 0 Å². The van der Waals surface area contributed by atoms with Crippen LogP contribution in [0.2, 0.25) is 0 Å². The first kappa shape index (κ1) is 9.84. The molecule has 0 rings (SSSR count). The molecule has 0 spiro atoms. The average molecular weight is 146 g/mol. The molecule has 0 aliphatic heterocycles. The first-order chi connectivity index (χ1) is 2.00. The zero-order valence-corrected chi connectivity index (χ0v) is 5.25. The molecule has 0 amide bonds. The third kappa shape index (κ3) is 136. The average Bonchev–Trinajstić information content (AvgIpc) is 0.722. The molecule has 36 valence electrons. The third-order valence-electron chi connectivity index (χ3n) is 0. The Morgan fingerprint density at radius 2 is 1.50 bits per heavy atom. The molecule has 0 fully saturated rings. The van der Waals surface area contributed by atoms with E-state index in [-0.39, 0.29) is 17.4 Å². The van der Waals surface area contributed by atoms with E-state index in [1.165, 1.54) is 0 Å². The molecule has 0 N–H and O–H groups in total. The van der Waals surface area contributed by atoms with Crippen molar-refractivity contribution in [3.63, 3.8) is 0 Å². The van der Waals surface area contributed by atoms with Gasteiger partial charge in [-0.1, -0.05) is 7.60 Å². The molecule has 0 aliphatic carbocycles. The summed E-state index contributed by atoms with van der Waals surface area (Å²) in [6, 6.07) is 0. The normalized spacial score (nSPS) is 9.83. The molecule has 0 aromatic rings. The first-order valence-corrected chi connectivity index (χ1v) is 2.98. The van der Waals surface area contributed by atoms with Crippen molar-refractivity contribution < 1.29 is 31.7 Å². The summed E-state index contributed by atoms with van der Waals surface area (Å²) < 4.78 is 9.10. The van der Waals surface area contributed by atoms with Crippen molar-refractivity contribution in [2.75, 3.05) is 6.66 Å². The van der Waals surface area contributed by atoms with Crippen LogP contribution < -0.4 is 9.79 Å². The van der Waals surface area contributed by atoms with E-state index in [0.29, 0.717) is 6.66 Å². The van der Waals surface area contributed by atoms with E-state index in [9.17, 15) is 0 Å². The third-order valence-corrected chi connectivity index (χ3v) is 0. The molecule has 0 bridgehead atoms. The zero-order chi connectivity index (χ0) is 4.50. The Bertz CT molecular complexity index is 56.9. The molecule has 0 saturated carbocycles. The van der Waals surface area contributed by atoms with E-state index in [1.54, 1.807) is 0 Å². The van der Waals surface area contributed by atoms with Crippen LogP contribution in [0.25, 0.3) is 0 Å². The summed E-state index contributed by atoms with van der Waals surface area (Å²) in [7, 11) is -4.14. The monoisotopic (exact) mass is 146 g/mol. The van der Waals surface area contributed by atoms with Crippen LogP contribution in [-0.4, -0.2) is 6.66 Å². The van der Waals surface area contributed by atoms with Crippen LogP contribution in [0.3, 0.4) is 0 Å². The van der Waals surface area contributed by atoms with E-state index in [4.69, 9.17) is 14.4 Å². The maximum absolute atomic E-state index is 9.10. The van der Waals surface area contributed by atoms with Crippen molar-refractivity contribution in [1.82, 2.24) is 0 Å². The minimum Gasteiger partial charge on any atom is -0.811 e. The molecular weight excluding hydrogens is 143 g/mol. The van der Waals surface area contributed by atoms with E-state index >= 15 is 0 Å². The maximum atomic E-state index is 9.10. The summed E-state index contributed by atoms with van der Waals surface area (Å²) in [6.45, 7) is 0.632. The largest absolute Gasteiger partial charge is 2.00 e. The Morgan fingerprint density at radius 3 is 1.50 bits per heavy atom. The van der Waals surface area contributed by atoms with Gasteiger partial charge in [0.2, 0.25) is 0 Å². The van der Waals surface area contributed by atoms with E-state index in [2.05, 4.69) is 0 Å². The van der Waals surface area contributed by atoms with Crippen molar-refractivity contribution in [3.8, 4) is 0 Å². The number of rotatable bonds is 0. The fourth-order valence-corrected chi connectivity index (χ4v) is 0. The van der Waals surface area contributed by atoms with Crippen LogP contribution in [-0.2, 0) is 21.9 Å². The molecule has 0 unspecified atom stereocenters. The van der Waals surface area contributed by atoms with Gasteiger partial charge in [0.05, 0.1) is 0 Å². The Balaban J connectivity index is 0. The molecule has 3 nitrogen and oxygen atoms in total. The summed E-state index contributed by atoms with van der Waals surface area (Å²) in [6.07, 6.45) is 0. The SMILES string of the molecule is CP(=O)([O-])[O-].[Cr+2]. The van der Waals surface area contributed by atoms with E-state index in [0.717, 1.165) is 0 Å². The maximum Gasteiger partial charge on any atom is 2.00 e. The van der Waals surface area contributed by atoms with Crippen molar-refractivity contribution in [1.29, 1.82) is 0 Å². The summed E-state index contributed by atoms with van der Waals surface area (Å²) in [5.41, 5.74) is 0. The second kappa shape index (κ2) is 2.79. The van der Waals surface area contributed by atoms with Gasteiger partial charge in [-0.2, -0.15) is 0 Å². The van der Waals surface area contributed by atoms with Crippen LogP contribution in [0, 0.1) is 0 Å². The van der Waals surface area contributed by atoms with Crippen LogP contribution in [0.1, 0.15) is 0 Å². The second-order valence-electron chi connectivity index (χ2n) is 0.771. The van der Waals surface area contributed by atoms with Crippen LogP contribution in [0.4, 0.5) is 0 Å². The van der Waals surface area contributed by atoms with Gasteiger partial charge in [-0.05, 0) is 6.66 Å². The number of hydrogen-bond donors (Lipinski definition) is 0. The van der Waals surface area contributed by atoms with Gasteiger partial charge >= 0.3 is 17.4 Å². The summed E-state index contributed by atoms with van der Waals surface area (Å²) in [5, 5.41) is 0. The predicted octanol–water partition coefficient (Wildman–Crippen LogP) is -1.47. The Morgan fingerprint density at radius 1 is 1.50 bits per heavy atom. The molecular formula is CH3CrO3P. The fraction of sp³-hybridized carbons (Fsp3) is 1.00. The fourth-order valence-electron chi connectivity index (χ4n) is 0. The Kier molecular flexibility index (Phi) is 4.58. The van der Waals surface area contributed by atoms with Gasteiger partial charge in [-0.3, -0.25) is 0 Å². The molecule has 0 heterocycles. The molecule has 0 aromatic carbocycles.